The van der Waals surface area contributed by atoms with Gasteiger partial charge >= 0.3 is 0 Å². The van der Waals surface area contributed by atoms with Crippen LogP contribution >= 0.6 is 0 Å². The lowest BCUT2D eigenvalue weighted by Crippen LogP contribution is -2.26. The van der Waals surface area contributed by atoms with Gasteiger partial charge in [0.1, 0.15) is 0 Å². The largest absolute Gasteiger partial charge is 0.381 e. The zero-order chi connectivity index (χ0) is 13.1. The van der Waals surface area contributed by atoms with Crippen LogP contribution < -0.4 is 5.32 Å². The van der Waals surface area contributed by atoms with Gasteiger partial charge in [0.2, 0.25) is 0 Å². The van der Waals surface area contributed by atoms with Crippen LogP contribution in [0.3, 0.4) is 0 Å². The summed E-state index contributed by atoms with van der Waals surface area (Å²) in [5.41, 5.74) is 1.62. The van der Waals surface area contributed by atoms with E-state index in [9.17, 15) is 4.79 Å². The maximum Gasteiger partial charge on any atom is 0.253 e. The third-order valence-electron chi connectivity index (χ3n) is 3.69. The van der Waals surface area contributed by atoms with Crippen molar-refractivity contribution in [3.63, 3.8) is 0 Å². The third kappa shape index (κ3) is 2.63. The predicted octanol–water partition coefficient (Wildman–Crippen LogP) is 2.32. The molecule has 1 aromatic heterocycles. The number of H-pyrrole nitrogens is 1. The molecule has 100 valence electrons. The molecule has 1 saturated heterocycles. The number of aromatic nitrogens is 1. The molecule has 0 spiro atoms. The predicted molar refractivity (Wildman–Crippen MR) is 74.2 cm³/mol. The molecule has 2 aromatic rings. The summed E-state index contributed by atoms with van der Waals surface area (Å²) >= 11 is 0. The van der Waals surface area contributed by atoms with Crippen LogP contribution in [0.15, 0.2) is 30.5 Å². The van der Waals surface area contributed by atoms with Crippen LogP contribution in [-0.2, 0) is 4.74 Å². The quantitative estimate of drug-likeness (QED) is 0.884. The van der Waals surface area contributed by atoms with E-state index in [4.69, 9.17) is 4.74 Å². The van der Waals surface area contributed by atoms with Gasteiger partial charge in [-0.2, -0.15) is 0 Å². The molecule has 0 bridgehead atoms. The second-order valence-corrected chi connectivity index (χ2v) is 5.02. The van der Waals surface area contributed by atoms with Crippen molar-refractivity contribution in [1.29, 1.82) is 0 Å². The minimum atomic E-state index is -0.00744. The van der Waals surface area contributed by atoms with Gasteiger partial charge in [-0.3, -0.25) is 4.79 Å². The van der Waals surface area contributed by atoms with Crippen LogP contribution in [0.5, 0.6) is 0 Å². The summed E-state index contributed by atoms with van der Waals surface area (Å²) in [6, 6.07) is 7.74. The van der Waals surface area contributed by atoms with Crippen molar-refractivity contribution in [1.82, 2.24) is 10.3 Å². The molecule has 1 unspecified atom stereocenters. The van der Waals surface area contributed by atoms with Crippen molar-refractivity contribution in [2.45, 2.75) is 12.8 Å². The average molecular weight is 258 g/mol. The number of amides is 1. The second-order valence-electron chi connectivity index (χ2n) is 5.02. The molecular weight excluding hydrogens is 240 g/mol. The van der Waals surface area contributed by atoms with Gasteiger partial charge in [-0.05, 0) is 30.9 Å². The number of nitrogens with one attached hydrogen (secondary N) is 2. The lowest BCUT2D eigenvalue weighted by molar-refractivity contribution is 0.0952. The number of para-hydroxylation sites is 1. The van der Waals surface area contributed by atoms with Crippen LogP contribution in [0, 0.1) is 5.92 Å². The Hall–Kier alpha value is -1.81. The molecule has 0 radical (unpaired) electrons. The number of hydrogen-bond donors (Lipinski definition) is 2. The van der Waals surface area contributed by atoms with Crippen molar-refractivity contribution in [3.8, 4) is 0 Å². The lowest BCUT2D eigenvalue weighted by atomic mass is 10.1. The first-order valence-electron chi connectivity index (χ1n) is 6.76. The highest BCUT2D eigenvalue weighted by Crippen LogP contribution is 2.17. The SMILES string of the molecule is O=C(NCCC1CCOC1)c1cccc2cc[nH]c12. The van der Waals surface area contributed by atoms with Crippen LogP contribution in [0.2, 0.25) is 0 Å². The fraction of sp³-hybridized carbons (Fsp3) is 0.400. The monoisotopic (exact) mass is 258 g/mol. The lowest BCUT2D eigenvalue weighted by Gasteiger charge is -2.09. The summed E-state index contributed by atoms with van der Waals surface area (Å²) in [5, 5.41) is 4.06. The first-order valence-corrected chi connectivity index (χ1v) is 6.76. The Morgan fingerprint density at radius 3 is 3.21 bits per heavy atom. The highest BCUT2D eigenvalue weighted by molar-refractivity contribution is 6.05. The zero-order valence-electron chi connectivity index (χ0n) is 10.8. The van der Waals surface area contributed by atoms with E-state index in [1.165, 1.54) is 0 Å². The van der Waals surface area contributed by atoms with Crippen LogP contribution in [-0.4, -0.2) is 30.6 Å². The molecule has 3 rings (SSSR count). The second kappa shape index (κ2) is 5.45. The van der Waals surface area contributed by atoms with E-state index in [2.05, 4.69) is 10.3 Å². The smallest absolute Gasteiger partial charge is 0.253 e. The number of carbonyl (C=O) groups excluding carboxylic acids is 1. The molecule has 2 N–H and O–H groups in total. The first kappa shape index (κ1) is 12.2. The van der Waals surface area contributed by atoms with Gasteiger partial charge in [-0.15, -0.1) is 0 Å². The molecule has 2 heterocycles. The van der Waals surface area contributed by atoms with Crippen molar-refractivity contribution in [2.24, 2.45) is 5.92 Å². The molecular formula is C15H18N2O2. The van der Waals surface area contributed by atoms with Crippen LogP contribution in [0.1, 0.15) is 23.2 Å². The molecule has 0 saturated carbocycles. The summed E-state index contributed by atoms with van der Waals surface area (Å²) < 4.78 is 5.33. The molecule has 1 fully saturated rings. The normalized spacial score (nSPS) is 18.8. The van der Waals surface area contributed by atoms with E-state index in [0.29, 0.717) is 18.0 Å². The van der Waals surface area contributed by atoms with E-state index < -0.39 is 0 Å². The molecule has 1 aromatic carbocycles. The Morgan fingerprint density at radius 2 is 2.37 bits per heavy atom. The van der Waals surface area contributed by atoms with Gasteiger partial charge < -0.3 is 15.0 Å². The molecule has 1 aliphatic rings. The Kier molecular flexibility index (Phi) is 3.51. The van der Waals surface area contributed by atoms with Crippen molar-refractivity contribution in [2.75, 3.05) is 19.8 Å². The van der Waals surface area contributed by atoms with E-state index >= 15 is 0 Å². The standard InChI is InChI=1S/C15H18N2O2/c18-15(17-7-4-11-6-9-19-10-11)13-3-1-2-12-5-8-16-14(12)13/h1-3,5,8,11,16H,4,6-7,9-10H2,(H,17,18). The molecule has 0 aliphatic carbocycles. The summed E-state index contributed by atoms with van der Waals surface area (Å²) in [7, 11) is 0. The molecule has 4 nitrogen and oxygen atoms in total. The summed E-state index contributed by atoms with van der Waals surface area (Å²) in [4.78, 5) is 15.3. The minimum absolute atomic E-state index is 0.00744. The maximum absolute atomic E-state index is 12.2. The Balaban J connectivity index is 1.62. The van der Waals surface area contributed by atoms with Crippen molar-refractivity contribution < 1.29 is 9.53 Å². The Labute approximate surface area is 112 Å². The number of ether oxygens (including phenoxy) is 1. The highest BCUT2D eigenvalue weighted by Gasteiger charge is 2.16. The Bertz CT molecular complexity index is 570. The molecule has 1 atom stereocenters. The minimum Gasteiger partial charge on any atom is -0.381 e. The van der Waals surface area contributed by atoms with Crippen molar-refractivity contribution >= 4 is 16.8 Å². The highest BCUT2D eigenvalue weighted by atomic mass is 16.5. The van der Waals surface area contributed by atoms with Gasteiger partial charge in [0.15, 0.2) is 0 Å². The van der Waals surface area contributed by atoms with E-state index in [-0.39, 0.29) is 5.91 Å². The summed E-state index contributed by atoms with van der Waals surface area (Å²) in [6.45, 7) is 2.41. The molecule has 19 heavy (non-hydrogen) atoms. The van der Waals surface area contributed by atoms with Crippen LogP contribution in [0.4, 0.5) is 0 Å². The number of hydrogen-bond acceptors (Lipinski definition) is 2. The van der Waals surface area contributed by atoms with Gasteiger partial charge in [-0.25, -0.2) is 0 Å². The number of aromatic amines is 1. The number of carbonyl (C=O) groups is 1. The summed E-state index contributed by atoms with van der Waals surface area (Å²) in [6.07, 6.45) is 3.96. The van der Waals surface area contributed by atoms with E-state index in [1.54, 1.807) is 0 Å². The molecule has 1 amide bonds. The average Bonchev–Trinajstić information content (AvgIpc) is 3.08. The first-order chi connectivity index (χ1) is 9.34. The molecule has 1 aliphatic heterocycles. The summed E-state index contributed by atoms with van der Waals surface area (Å²) in [5.74, 6) is 0.591. The van der Waals surface area contributed by atoms with Gasteiger partial charge in [0, 0.05) is 31.3 Å². The third-order valence-corrected chi connectivity index (χ3v) is 3.69. The van der Waals surface area contributed by atoms with Gasteiger partial charge in [0.05, 0.1) is 11.1 Å². The number of rotatable bonds is 4. The molecule has 4 heteroatoms. The van der Waals surface area contributed by atoms with Gasteiger partial charge in [-0.1, -0.05) is 12.1 Å². The number of benzene rings is 1. The topological polar surface area (TPSA) is 54.1 Å². The maximum atomic E-state index is 12.2. The van der Waals surface area contributed by atoms with Gasteiger partial charge in [0.25, 0.3) is 5.91 Å². The Morgan fingerprint density at radius 1 is 1.42 bits per heavy atom. The van der Waals surface area contributed by atoms with E-state index in [1.807, 2.05) is 30.5 Å². The van der Waals surface area contributed by atoms with Crippen LogP contribution in [0.25, 0.3) is 10.9 Å². The van der Waals surface area contributed by atoms with E-state index in [0.717, 1.165) is 37.0 Å². The fourth-order valence-electron chi connectivity index (χ4n) is 2.57. The zero-order valence-corrected chi connectivity index (χ0v) is 10.8. The number of fused-ring (bicyclic) bond motifs is 1. The van der Waals surface area contributed by atoms with Crippen molar-refractivity contribution in [3.05, 3.63) is 36.0 Å². The fourth-order valence-corrected chi connectivity index (χ4v) is 2.57.